The molecule has 0 bridgehead atoms. The Bertz CT molecular complexity index is 810. The minimum atomic E-state index is -0.322. The summed E-state index contributed by atoms with van der Waals surface area (Å²) in [5.41, 5.74) is 3.34. The van der Waals surface area contributed by atoms with Crippen molar-refractivity contribution >= 4 is 23.0 Å². The summed E-state index contributed by atoms with van der Waals surface area (Å²) in [6.07, 6.45) is 3.70. The lowest BCUT2D eigenvalue weighted by atomic mass is 10.1. The van der Waals surface area contributed by atoms with Gasteiger partial charge in [0.25, 0.3) is 11.6 Å². The summed E-state index contributed by atoms with van der Waals surface area (Å²) >= 11 is 0. The summed E-state index contributed by atoms with van der Waals surface area (Å²) in [7, 11) is 0. The van der Waals surface area contributed by atoms with Crippen molar-refractivity contribution in [2.75, 3.05) is 42.9 Å². The Morgan fingerprint density at radius 2 is 2.00 bits per heavy atom. The van der Waals surface area contributed by atoms with Crippen molar-refractivity contribution in [1.82, 2.24) is 4.90 Å². The van der Waals surface area contributed by atoms with Gasteiger partial charge in [0, 0.05) is 50.0 Å². The van der Waals surface area contributed by atoms with Crippen LogP contribution < -0.4 is 10.2 Å². The zero-order valence-corrected chi connectivity index (χ0v) is 13.6. The Morgan fingerprint density at radius 1 is 1.20 bits per heavy atom. The van der Waals surface area contributed by atoms with E-state index < -0.39 is 0 Å². The van der Waals surface area contributed by atoms with E-state index >= 15 is 0 Å². The molecule has 1 N–H and O–H groups in total. The number of nitrogens with one attached hydrogen (secondary N) is 1. The van der Waals surface area contributed by atoms with E-state index in [1.165, 1.54) is 12.5 Å². The molecule has 2 aliphatic heterocycles. The summed E-state index contributed by atoms with van der Waals surface area (Å²) in [6, 6.07) is 4.99. The van der Waals surface area contributed by atoms with Crippen LogP contribution >= 0.6 is 0 Å². The van der Waals surface area contributed by atoms with Gasteiger partial charge < -0.3 is 19.5 Å². The summed E-state index contributed by atoms with van der Waals surface area (Å²) in [5.74, 6) is -0.0668. The number of amides is 1. The Morgan fingerprint density at radius 3 is 2.68 bits per heavy atom. The fourth-order valence-electron chi connectivity index (χ4n) is 3.57. The van der Waals surface area contributed by atoms with Crippen LogP contribution in [-0.2, 0) is 6.42 Å². The molecule has 0 saturated carbocycles. The van der Waals surface area contributed by atoms with Gasteiger partial charge in [-0.05, 0) is 18.6 Å². The third kappa shape index (κ3) is 2.69. The van der Waals surface area contributed by atoms with Crippen molar-refractivity contribution in [2.45, 2.75) is 6.42 Å². The largest absolute Gasteiger partial charge is 0.472 e. The SMILES string of the molecule is O=C(c1ccoc1)N1CCN(c2c([N+](=O)[O-])ccc3c2CCN3)CC1. The monoisotopic (exact) mass is 342 g/mol. The minimum absolute atomic E-state index is 0.0668. The Hall–Kier alpha value is -3.03. The normalized spacial score (nSPS) is 16.5. The van der Waals surface area contributed by atoms with Gasteiger partial charge in [0.2, 0.25) is 0 Å². The fraction of sp³-hybridized carbons (Fsp3) is 0.353. The second-order valence-electron chi connectivity index (χ2n) is 6.18. The Labute approximate surface area is 144 Å². The molecule has 4 rings (SSSR count). The van der Waals surface area contributed by atoms with Gasteiger partial charge in [-0.1, -0.05) is 0 Å². The van der Waals surface area contributed by atoms with E-state index in [1.807, 2.05) is 4.90 Å². The van der Waals surface area contributed by atoms with Crippen LogP contribution in [0.3, 0.4) is 0 Å². The molecule has 130 valence electrons. The number of hydrogen-bond donors (Lipinski definition) is 1. The molecule has 1 aromatic heterocycles. The van der Waals surface area contributed by atoms with E-state index in [0.717, 1.165) is 24.2 Å². The second kappa shape index (κ2) is 6.12. The van der Waals surface area contributed by atoms with Crippen LogP contribution in [0.2, 0.25) is 0 Å². The maximum Gasteiger partial charge on any atom is 0.292 e. The molecule has 3 heterocycles. The van der Waals surface area contributed by atoms with Crippen LogP contribution in [0.15, 0.2) is 35.1 Å². The molecule has 1 fully saturated rings. The predicted octanol–water partition coefficient (Wildman–Crippen LogP) is 2.12. The number of hydrogen-bond acceptors (Lipinski definition) is 6. The number of anilines is 2. The van der Waals surface area contributed by atoms with E-state index in [0.29, 0.717) is 37.4 Å². The van der Waals surface area contributed by atoms with Crippen LogP contribution in [-0.4, -0.2) is 48.5 Å². The third-order valence-electron chi connectivity index (χ3n) is 4.80. The highest BCUT2D eigenvalue weighted by Crippen LogP contribution is 2.39. The van der Waals surface area contributed by atoms with Gasteiger partial charge in [0.05, 0.1) is 16.7 Å². The molecular weight excluding hydrogens is 324 g/mol. The highest BCUT2D eigenvalue weighted by atomic mass is 16.6. The van der Waals surface area contributed by atoms with Gasteiger partial charge in [0.15, 0.2) is 0 Å². The molecule has 1 saturated heterocycles. The average Bonchev–Trinajstić information content (AvgIpc) is 3.31. The lowest BCUT2D eigenvalue weighted by Crippen LogP contribution is -2.49. The van der Waals surface area contributed by atoms with E-state index in [2.05, 4.69) is 5.32 Å². The quantitative estimate of drug-likeness (QED) is 0.678. The average molecular weight is 342 g/mol. The third-order valence-corrected chi connectivity index (χ3v) is 4.80. The van der Waals surface area contributed by atoms with E-state index in [4.69, 9.17) is 4.42 Å². The standard InChI is InChI=1S/C17H18N4O4/c22-17(12-4-10-25-11-12)20-8-6-19(7-9-20)16-13-3-5-18-14(13)1-2-15(16)21(23)24/h1-2,4,10-11,18H,3,5-9H2. The fourth-order valence-corrected chi connectivity index (χ4v) is 3.57. The highest BCUT2D eigenvalue weighted by Gasteiger charge is 2.31. The van der Waals surface area contributed by atoms with Crippen LogP contribution in [0.4, 0.5) is 17.1 Å². The minimum Gasteiger partial charge on any atom is -0.472 e. The highest BCUT2D eigenvalue weighted by molar-refractivity contribution is 5.94. The van der Waals surface area contributed by atoms with Crippen molar-refractivity contribution < 1.29 is 14.1 Å². The molecule has 0 atom stereocenters. The molecule has 0 spiro atoms. The number of carbonyl (C=O) groups excluding carboxylic acids is 1. The number of benzene rings is 1. The maximum atomic E-state index is 12.4. The number of carbonyl (C=O) groups is 1. The zero-order chi connectivity index (χ0) is 17.4. The predicted molar refractivity (Wildman–Crippen MR) is 92.1 cm³/mol. The number of piperazine rings is 1. The first-order valence-electron chi connectivity index (χ1n) is 8.25. The molecule has 2 aliphatic rings. The topological polar surface area (TPSA) is 91.9 Å². The van der Waals surface area contributed by atoms with Crippen LogP contribution in [0.25, 0.3) is 0 Å². The molecule has 1 amide bonds. The van der Waals surface area contributed by atoms with Crippen LogP contribution in [0.1, 0.15) is 15.9 Å². The van der Waals surface area contributed by atoms with Gasteiger partial charge in [-0.2, -0.15) is 0 Å². The van der Waals surface area contributed by atoms with Gasteiger partial charge in [0.1, 0.15) is 12.0 Å². The molecular formula is C17H18N4O4. The van der Waals surface area contributed by atoms with Crippen LogP contribution in [0, 0.1) is 10.1 Å². The lowest BCUT2D eigenvalue weighted by molar-refractivity contribution is -0.384. The smallest absolute Gasteiger partial charge is 0.292 e. The molecule has 8 nitrogen and oxygen atoms in total. The Balaban J connectivity index is 1.56. The lowest BCUT2D eigenvalue weighted by Gasteiger charge is -2.36. The molecule has 0 radical (unpaired) electrons. The van der Waals surface area contributed by atoms with Crippen molar-refractivity contribution in [3.63, 3.8) is 0 Å². The van der Waals surface area contributed by atoms with Crippen molar-refractivity contribution in [3.8, 4) is 0 Å². The van der Waals surface area contributed by atoms with Gasteiger partial charge in [-0.3, -0.25) is 14.9 Å². The van der Waals surface area contributed by atoms with Gasteiger partial charge in [-0.15, -0.1) is 0 Å². The molecule has 0 unspecified atom stereocenters. The van der Waals surface area contributed by atoms with E-state index in [9.17, 15) is 14.9 Å². The number of fused-ring (bicyclic) bond motifs is 1. The van der Waals surface area contributed by atoms with Gasteiger partial charge >= 0.3 is 0 Å². The van der Waals surface area contributed by atoms with Crippen molar-refractivity contribution in [3.05, 3.63) is 52.0 Å². The zero-order valence-electron chi connectivity index (χ0n) is 13.6. The van der Waals surface area contributed by atoms with Gasteiger partial charge in [-0.25, -0.2) is 0 Å². The second-order valence-corrected chi connectivity index (χ2v) is 6.18. The number of nitro groups is 1. The molecule has 1 aromatic carbocycles. The van der Waals surface area contributed by atoms with Crippen molar-refractivity contribution in [2.24, 2.45) is 0 Å². The Kier molecular flexibility index (Phi) is 3.79. The maximum absolute atomic E-state index is 12.4. The first kappa shape index (κ1) is 15.5. The number of nitro benzene ring substituents is 1. The first-order chi connectivity index (χ1) is 12.1. The summed E-state index contributed by atoms with van der Waals surface area (Å²) in [4.78, 5) is 27.3. The summed E-state index contributed by atoms with van der Waals surface area (Å²) in [6.45, 7) is 2.99. The summed E-state index contributed by atoms with van der Waals surface area (Å²) < 4.78 is 4.97. The molecule has 25 heavy (non-hydrogen) atoms. The number of nitrogens with zero attached hydrogens (tertiary/aromatic N) is 3. The van der Waals surface area contributed by atoms with Crippen molar-refractivity contribution in [1.29, 1.82) is 0 Å². The number of furan rings is 1. The first-order valence-corrected chi connectivity index (χ1v) is 8.25. The summed E-state index contributed by atoms with van der Waals surface area (Å²) in [5, 5.41) is 14.7. The van der Waals surface area contributed by atoms with E-state index in [-0.39, 0.29) is 16.5 Å². The number of rotatable bonds is 3. The van der Waals surface area contributed by atoms with E-state index in [1.54, 1.807) is 23.1 Å². The molecule has 0 aliphatic carbocycles. The molecule has 8 heteroatoms. The van der Waals surface area contributed by atoms with Crippen LogP contribution in [0.5, 0.6) is 0 Å². The molecule has 2 aromatic rings.